The highest BCUT2D eigenvalue weighted by molar-refractivity contribution is 7.16. The number of aryl methyl sites for hydroxylation is 1. The molecule has 0 unspecified atom stereocenters. The highest BCUT2D eigenvalue weighted by atomic mass is 32.1. The van der Waals surface area contributed by atoms with E-state index in [2.05, 4.69) is 20.8 Å². The molecule has 1 amide bonds. The van der Waals surface area contributed by atoms with Crippen molar-refractivity contribution >= 4 is 28.2 Å². The number of hydrogen-bond acceptors (Lipinski definition) is 7. The number of nitrogens with zero attached hydrogens (tertiary/aromatic N) is 4. The summed E-state index contributed by atoms with van der Waals surface area (Å²) in [5.74, 6) is -0.0890. The molecule has 0 bridgehead atoms. The second kappa shape index (κ2) is 7.94. The maximum Gasteiger partial charge on any atom is 0.341 e. The van der Waals surface area contributed by atoms with Crippen LogP contribution in [0.15, 0.2) is 0 Å². The molecule has 142 valence electrons. The van der Waals surface area contributed by atoms with Crippen LogP contribution in [0.5, 0.6) is 0 Å². The van der Waals surface area contributed by atoms with Gasteiger partial charge in [-0.1, -0.05) is 27.7 Å². The summed E-state index contributed by atoms with van der Waals surface area (Å²) in [6.07, 6.45) is 0.688. The van der Waals surface area contributed by atoms with E-state index in [1.807, 2.05) is 34.6 Å². The summed E-state index contributed by atoms with van der Waals surface area (Å²) in [7, 11) is 0. The summed E-state index contributed by atoms with van der Waals surface area (Å²) in [6.45, 7) is 11.8. The normalized spacial score (nSPS) is 11.5. The van der Waals surface area contributed by atoms with E-state index in [9.17, 15) is 9.59 Å². The van der Waals surface area contributed by atoms with Gasteiger partial charge < -0.3 is 10.1 Å². The number of anilines is 1. The minimum absolute atomic E-state index is 0.0275. The summed E-state index contributed by atoms with van der Waals surface area (Å²) < 4.78 is 6.63. The van der Waals surface area contributed by atoms with Crippen LogP contribution in [0.25, 0.3) is 0 Å². The van der Waals surface area contributed by atoms with Crippen molar-refractivity contribution in [1.82, 2.24) is 20.2 Å². The van der Waals surface area contributed by atoms with Crippen molar-refractivity contribution in [1.29, 1.82) is 0 Å². The fraction of sp³-hybridized carbons (Fsp3) is 0.588. The van der Waals surface area contributed by atoms with E-state index in [0.717, 1.165) is 10.4 Å². The van der Waals surface area contributed by atoms with Crippen molar-refractivity contribution in [3.8, 4) is 0 Å². The van der Waals surface area contributed by atoms with Crippen LogP contribution in [0.2, 0.25) is 0 Å². The summed E-state index contributed by atoms with van der Waals surface area (Å²) >= 11 is 1.38. The zero-order valence-corrected chi connectivity index (χ0v) is 16.9. The minimum Gasteiger partial charge on any atom is -0.462 e. The monoisotopic (exact) mass is 379 g/mol. The summed E-state index contributed by atoms with van der Waals surface area (Å²) in [4.78, 5) is 25.9. The highest BCUT2D eigenvalue weighted by Gasteiger charge is 2.26. The Morgan fingerprint density at radius 2 is 1.96 bits per heavy atom. The Bertz CT molecular complexity index is 804. The molecule has 8 nitrogen and oxygen atoms in total. The molecular formula is C17H25N5O3S. The molecular weight excluding hydrogens is 354 g/mol. The fourth-order valence-corrected chi connectivity index (χ4v) is 3.81. The number of nitrogens with one attached hydrogen (secondary N) is 1. The van der Waals surface area contributed by atoms with Crippen LogP contribution < -0.4 is 5.32 Å². The first-order valence-corrected chi connectivity index (χ1v) is 9.36. The Kier molecular flexibility index (Phi) is 6.12. The molecule has 0 aliphatic rings. The fourth-order valence-electron chi connectivity index (χ4n) is 2.66. The minimum atomic E-state index is -0.415. The molecule has 2 aromatic heterocycles. The van der Waals surface area contributed by atoms with Gasteiger partial charge in [-0.2, -0.15) is 0 Å². The Labute approximate surface area is 156 Å². The molecule has 9 heteroatoms. The maximum atomic E-state index is 12.5. The maximum absolute atomic E-state index is 12.5. The van der Waals surface area contributed by atoms with Crippen LogP contribution in [-0.2, 0) is 27.9 Å². The largest absolute Gasteiger partial charge is 0.462 e. The lowest BCUT2D eigenvalue weighted by atomic mass is 9.96. The Hall–Kier alpha value is -2.29. The predicted molar refractivity (Wildman–Crippen MR) is 99.5 cm³/mol. The zero-order chi connectivity index (χ0) is 19.5. The Morgan fingerprint density at radius 3 is 2.54 bits per heavy atom. The number of aromatic nitrogens is 4. The molecule has 1 N–H and O–H groups in total. The first-order chi connectivity index (χ1) is 12.2. The lowest BCUT2D eigenvalue weighted by Gasteiger charge is -2.16. The Morgan fingerprint density at radius 1 is 1.27 bits per heavy atom. The average Bonchev–Trinajstić information content (AvgIpc) is 3.11. The molecule has 0 atom stereocenters. The predicted octanol–water partition coefficient (Wildman–Crippen LogP) is 2.72. The highest BCUT2D eigenvalue weighted by Crippen LogP contribution is 2.34. The molecule has 0 aliphatic carbocycles. The molecule has 0 saturated carbocycles. The van der Waals surface area contributed by atoms with Gasteiger partial charge in [0.05, 0.1) is 12.2 Å². The smallest absolute Gasteiger partial charge is 0.341 e. The van der Waals surface area contributed by atoms with Gasteiger partial charge >= 0.3 is 5.97 Å². The third-order valence-corrected chi connectivity index (χ3v) is 4.85. The number of carbonyl (C=O) groups excluding carboxylic acids is 2. The van der Waals surface area contributed by atoms with Gasteiger partial charge in [-0.05, 0) is 36.3 Å². The van der Waals surface area contributed by atoms with E-state index in [-0.39, 0.29) is 24.5 Å². The average molecular weight is 379 g/mol. The molecule has 0 saturated heterocycles. The van der Waals surface area contributed by atoms with Crippen molar-refractivity contribution in [2.45, 2.75) is 59.9 Å². The van der Waals surface area contributed by atoms with Gasteiger partial charge in [-0.3, -0.25) is 4.79 Å². The molecule has 26 heavy (non-hydrogen) atoms. The Balaban J connectivity index is 2.25. The number of amides is 1. The van der Waals surface area contributed by atoms with Gasteiger partial charge in [0.15, 0.2) is 5.82 Å². The van der Waals surface area contributed by atoms with Crippen LogP contribution in [0.4, 0.5) is 5.00 Å². The number of ether oxygens (including phenoxy) is 1. The van der Waals surface area contributed by atoms with Crippen molar-refractivity contribution in [2.24, 2.45) is 0 Å². The number of rotatable bonds is 6. The standard InChI is InChI=1S/C17H25N5O3S/c1-7-11-10(3)26-14(13(11)15(24)25-8-2)18-12(23)9-22-16(17(4,5)6)19-20-21-22/h7-9H2,1-6H3,(H,18,23). The third kappa shape index (κ3) is 4.27. The summed E-state index contributed by atoms with van der Waals surface area (Å²) in [5.41, 5.74) is 1.06. The second-order valence-electron chi connectivity index (χ2n) is 6.87. The summed E-state index contributed by atoms with van der Waals surface area (Å²) in [5, 5.41) is 14.9. The van der Waals surface area contributed by atoms with Crippen LogP contribution in [0.3, 0.4) is 0 Å². The van der Waals surface area contributed by atoms with Crippen molar-refractivity contribution in [2.75, 3.05) is 11.9 Å². The second-order valence-corrected chi connectivity index (χ2v) is 8.10. The van der Waals surface area contributed by atoms with E-state index in [1.165, 1.54) is 16.0 Å². The molecule has 2 heterocycles. The van der Waals surface area contributed by atoms with Gasteiger partial charge in [-0.25, -0.2) is 9.48 Å². The lowest BCUT2D eigenvalue weighted by Crippen LogP contribution is -2.26. The van der Waals surface area contributed by atoms with Crippen LogP contribution in [-0.4, -0.2) is 38.7 Å². The number of thiophene rings is 1. The van der Waals surface area contributed by atoms with Crippen molar-refractivity contribution in [3.05, 3.63) is 21.8 Å². The van der Waals surface area contributed by atoms with E-state index < -0.39 is 5.97 Å². The van der Waals surface area contributed by atoms with E-state index in [0.29, 0.717) is 22.8 Å². The molecule has 0 spiro atoms. The molecule has 2 rings (SSSR count). The topological polar surface area (TPSA) is 99.0 Å². The summed E-state index contributed by atoms with van der Waals surface area (Å²) in [6, 6.07) is 0. The first-order valence-electron chi connectivity index (χ1n) is 8.54. The van der Waals surface area contributed by atoms with Crippen LogP contribution >= 0.6 is 11.3 Å². The number of esters is 1. The third-order valence-electron chi connectivity index (χ3n) is 3.79. The van der Waals surface area contributed by atoms with Gasteiger partial charge in [0, 0.05) is 10.3 Å². The van der Waals surface area contributed by atoms with Gasteiger partial charge in [-0.15, -0.1) is 16.4 Å². The van der Waals surface area contributed by atoms with E-state index in [1.54, 1.807) is 6.92 Å². The first kappa shape index (κ1) is 20.0. The number of hydrogen-bond donors (Lipinski definition) is 1. The van der Waals surface area contributed by atoms with Gasteiger partial charge in [0.1, 0.15) is 11.5 Å². The van der Waals surface area contributed by atoms with E-state index >= 15 is 0 Å². The molecule has 0 aromatic carbocycles. The van der Waals surface area contributed by atoms with Gasteiger partial charge in [0.2, 0.25) is 5.91 Å². The number of tetrazole rings is 1. The van der Waals surface area contributed by atoms with Gasteiger partial charge in [0.25, 0.3) is 0 Å². The zero-order valence-electron chi connectivity index (χ0n) is 16.0. The molecule has 0 fully saturated rings. The lowest BCUT2D eigenvalue weighted by molar-refractivity contribution is -0.117. The molecule has 0 aliphatic heterocycles. The van der Waals surface area contributed by atoms with Crippen molar-refractivity contribution in [3.63, 3.8) is 0 Å². The van der Waals surface area contributed by atoms with Crippen LogP contribution in [0, 0.1) is 6.92 Å². The van der Waals surface area contributed by atoms with Crippen LogP contribution in [0.1, 0.15) is 61.2 Å². The SMILES string of the molecule is CCOC(=O)c1c(NC(=O)Cn2nnnc2C(C)(C)C)sc(C)c1CC. The quantitative estimate of drug-likeness (QED) is 0.775. The number of carbonyl (C=O) groups is 2. The van der Waals surface area contributed by atoms with Crippen molar-refractivity contribution < 1.29 is 14.3 Å². The van der Waals surface area contributed by atoms with E-state index in [4.69, 9.17) is 4.74 Å². The molecule has 2 aromatic rings. The molecule has 0 radical (unpaired) electrons.